The molecule has 1 aromatic carbocycles. The molecule has 2 N–H and O–H groups in total. The lowest BCUT2D eigenvalue weighted by Gasteiger charge is -2.19. The van der Waals surface area contributed by atoms with E-state index in [4.69, 9.17) is 10.5 Å². The van der Waals surface area contributed by atoms with E-state index in [0.717, 1.165) is 6.21 Å². The molecule has 100 valence electrons. The molecule has 0 radical (unpaired) electrons. The van der Waals surface area contributed by atoms with Gasteiger partial charge in [0.15, 0.2) is 0 Å². The lowest BCUT2D eigenvalue weighted by Crippen LogP contribution is -2.17. The molecule has 0 spiro atoms. The second kappa shape index (κ2) is 5.76. The standard InChI is InChI=1S/C12H13N3O4/c1-14(2)11(10(7-13)12(16)17)8-4-3-5-9(6-8)15(18)19/h3-7,13H,1-2H3,(H,16,17)/b11-10+,13-7?. The Hall–Kier alpha value is -2.70. The number of hydrogen-bond donors (Lipinski definition) is 2. The van der Waals surface area contributed by atoms with E-state index < -0.39 is 10.9 Å². The number of nitrogens with one attached hydrogen (secondary N) is 1. The van der Waals surface area contributed by atoms with Gasteiger partial charge in [-0.3, -0.25) is 10.1 Å². The number of carbonyl (C=O) groups is 1. The van der Waals surface area contributed by atoms with Crippen LogP contribution in [-0.2, 0) is 4.79 Å². The first-order chi connectivity index (χ1) is 8.88. The largest absolute Gasteiger partial charge is 0.478 e. The topological polar surface area (TPSA) is 108 Å². The fourth-order valence-electron chi connectivity index (χ4n) is 1.65. The Morgan fingerprint density at radius 1 is 1.47 bits per heavy atom. The summed E-state index contributed by atoms with van der Waals surface area (Å²) in [7, 11) is 3.22. The summed E-state index contributed by atoms with van der Waals surface area (Å²) < 4.78 is 0. The summed E-state index contributed by atoms with van der Waals surface area (Å²) in [6.45, 7) is 0. The molecule has 0 aliphatic rings. The zero-order chi connectivity index (χ0) is 14.6. The highest BCUT2D eigenvalue weighted by Crippen LogP contribution is 2.24. The maximum absolute atomic E-state index is 11.1. The number of nitrogens with zero attached hydrogens (tertiary/aromatic N) is 2. The van der Waals surface area contributed by atoms with Gasteiger partial charge in [-0.15, -0.1) is 0 Å². The van der Waals surface area contributed by atoms with E-state index in [9.17, 15) is 14.9 Å². The number of carboxylic acids is 1. The number of aliphatic carboxylic acids is 1. The molecule has 0 aromatic heterocycles. The molecule has 1 rings (SSSR count). The third-order valence-electron chi connectivity index (χ3n) is 2.41. The highest BCUT2D eigenvalue weighted by Gasteiger charge is 2.18. The van der Waals surface area contributed by atoms with Gasteiger partial charge in [0.25, 0.3) is 5.69 Å². The van der Waals surface area contributed by atoms with Crippen molar-refractivity contribution in [2.75, 3.05) is 14.1 Å². The molecular weight excluding hydrogens is 250 g/mol. The van der Waals surface area contributed by atoms with Gasteiger partial charge in [-0.05, 0) is 0 Å². The molecule has 0 fully saturated rings. The summed E-state index contributed by atoms with van der Waals surface area (Å²) in [6.07, 6.45) is 0.719. The first kappa shape index (κ1) is 14.4. The Morgan fingerprint density at radius 3 is 2.53 bits per heavy atom. The fourth-order valence-corrected chi connectivity index (χ4v) is 1.65. The van der Waals surface area contributed by atoms with Gasteiger partial charge >= 0.3 is 5.97 Å². The van der Waals surface area contributed by atoms with Crippen molar-refractivity contribution >= 4 is 23.6 Å². The van der Waals surface area contributed by atoms with Crippen LogP contribution in [0.3, 0.4) is 0 Å². The summed E-state index contributed by atoms with van der Waals surface area (Å²) in [5.74, 6) is -1.26. The number of hydrogen-bond acceptors (Lipinski definition) is 5. The Morgan fingerprint density at radius 2 is 2.11 bits per heavy atom. The first-order valence-corrected chi connectivity index (χ1v) is 5.28. The van der Waals surface area contributed by atoms with Gasteiger partial charge in [-0.1, -0.05) is 12.1 Å². The normalized spacial score (nSPS) is 11.5. The maximum atomic E-state index is 11.1. The molecule has 1 aromatic rings. The van der Waals surface area contributed by atoms with Crippen LogP contribution in [0.1, 0.15) is 5.56 Å². The number of nitro groups is 1. The van der Waals surface area contributed by atoms with E-state index in [-0.39, 0.29) is 17.0 Å². The molecule has 0 saturated carbocycles. The summed E-state index contributed by atoms with van der Waals surface area (Å²) in [5.41, 5.74) is 0.253. The molecule has 0 saturated heterocycles. The van der Waals surface area contributed by atoms with Crippen LogP contribution >= 0.6 is 0 Å². The highest BCUT2D eigenvalue weighted by atomic mass is 16.6. The first-order valence-electron chi connectivity index (χ1n) is 5.28. The van der Waals surface area contributed by atoms with Gasteiger partial charge in [0.2, 0.25) is 0 Å². The zero-order valence-electron chi connectivity index (χ0n) is 10.5. The molecule has 0 unspecified atom stereocenters. The third-order valence-corrected chi connectivity index (χ3v) is 2.41. The Balaban J connectivity index is 3.51. The SMILES string of the molecule is CN(C)/C(=C(\C=N)C(=O)O)c1cccc([N+](=O)[O-])c1. The van der Waals surface area contributed by atoms with Crippen LogP contribution in [-0.4, -0.2) is 41.2 Å². The number of benzene rings is 1. The fraction of sp³-hybridized carbons (Fsp3) is 0.167. The van der Waals surface area contributed by atoms with Crippen molar-refractivity contribution in [3.05, 3.63) is 45.5 Å². The zero-order valence-corrected chi connectivity index (χ0v) is 10.5. The van der Waals surface area contributed by atoms with Gasteiger partial charge in [-0.25, -0.2) is 4.79 Å². The number of carboxylic acid groups (broad SMARTS) is 1. The quantitative estimate of drug-likeness (QED) is 0.363. The molecule has 0 bridgehead atoms. The van der Waals surface area contributed by atoms with E-state index in [0.29, 0.717) is 5.56 Å². The minimum absolute atomic E-state index is 0.133. The number of rotatable bonds is 5. The molecule has 7 nitrogen and oxygen atoms in total. The second-order valence-corrected chi connectivity index (χ2v) is 3.91. The summed E-state index contributed by atoms with van der Waals surface area (Å²) in [4.78, 5) is 22.8. The minimum atomic E-state index is -1.26. The molecule has 0 atom stereocenters. The van der Waals surface area contributed by atoms with Crippen molar-refractivity contribution in [3.8, 4) is 0 Å². The summed E-state index contributed by atoms with van der Waals surface area (Å²) in [5, 5.41) is 27.0. The van der Waals surface area contributed by atoms with E-state index in [1.807, 2.05) is 0 Å². The van der Waals surface area contributed by atoms with Gasteiger partial charge in [0.05, 0.1) is 10.6 Å². The van der Waals surface area contributed by atoms with Crippen molar-refractivity contribution in [3.63, 3.8) is 0 Å². The third kappa shape index (κ3) is 3.15. The Labute approximate surface area is 109 Å². The number of non-ortho nitro benzene ring substituents is 1. The van der Waals surface area contributed by atoms with Crippen LogP contribution in [0.15, 0.2) is 29.8 Å². The van der Waals surface area contributed by atoms with Crippen LogP contribution in [0.25, 0.3) is 5.70 Å². The molecule has 0 heterocycles. The Kier molecular flexibility index (Phi) is 4.36. The van der Waals surface area contributed by atoms with E-state index in [1.54, 1.807) is 20.2 Å². The summed E-state index contributed by atoms with van der Waals surface area (Å²) >= 11 is 0. The molecule has 0 amide bonds. The molecular formula is C12H13N3O4. The van der Waals surface area contributed by atoms with E-state index in [2.05, 4.69) is 0 Å². The van der Waals surface area contributed by atoms with Crippen LogP contribution in [0.4, 0.5) is 5.69 Å². The Bertz CT molecular complexity index is 564. The van der Waals surface area contributed by atoms with Gasteiger partial charge in [0, 0.05) is 38.0 Å². The van der Waals surface area contributed by atoms with Gasteiger partial charge in [0.1, 0.15) is 5.57 Å². The van der Waals surface area contributed by atoms with Crippen molar-refractivity contribution in [1.82, 2.24) is 4.90 Å². The number of nitro benzene ring substituents is 1. The predicted octanol–water partition coefficient (Wildman–Crippen LogP) is 1.60. The van der Waals surface area contributed by atoms with Crippen LogP contribution < -0.4 is 0 Å². The van der Waals surface area contributed by atoms with Crippen molar-refractivity contribution in [1.29, 1.82) is 5.41 Å². The van der Waals surface area contributed by atoms with E-state index in [1.165, 1.54) is 23.1 Å². The highest BCUT2D eigenvalue weighted by molar-refractivity contribution is 6.14. The van der Waals surface area contributed by atoms with Crippen LogP contribution in [0.2, 0.25) is 0 Å². The lowest BCUT2D eigenvalue weighted by molar-refractivity contribution is -0.384. The molecule has 19 heavy (non-hydrogen) atoms. The second-order valence-electron chi connectivity index (χ2n) is 3.91. The van der Waals surface area contributed by atoms with Crippen molar-refractivity contribution < 1.29 is 14.8 Å². The van der Waals surface area contributed by atoms with Crippen LogP contribution in [0.5, 0.6) is 0 Å². The van der Waals surface area contributed by atoms with Crippen LogP contribution in [0, 0.1) is 15.5 Å². The van der Waals surface area contributed by atoms with Gasteiger partial charge < -0.3 is 15.4 Å². The average molecular weight is 263 g/mol. The monoisotopic (exact) mass is 263 g/mol. The minimum Gasteiger partial charge on any atom is -0.478 e. The van der Waals surface area contributed by atoms with E-state index >= 15 is 0 Å². The van der Waals surface area contributed by atoms with Crippen molar-refractivity contribution in [2.24, 2.45) is 0 Å². The molecule has 7 heteroatoms. The summed E-state index contributed by atoms with van der Waals surface area (Å²) in [6, 6.07) is 5.64. The van der Waals surface area contributed by atoms with Crippen molar-refractivity contribution in [2.45, 2.75) is 0 Å². The lowest BCUT2D eigenvalue weighted by atomic mass is 10.1. The molecule has 0 aliphatic heterocycles. The maximum Gasteiger partial charge on any atom is 0.339 e. The average Bonchev–Trinajstić information content (AvgIpc) is 2.34. The van der Waals surface area contributed by atoms with Gasteiger partial charge in [-0.2, -0.15) is 0 Å². The molecule has 0 aliphatic carbocycles. The predicted molar refractivity (Wildman–Crippen MR) is 70.1 cm³/mol. The smallest absolute Gasteiger partial charge is 0.339 e.